The molecule has 0 aliphatic rings. The lowest BCUT2D eigenvalue weighted by atomic mass is 10.1. The van der Waals surface area contributed by atoms with Gasteiger partial charge in [0.25, 0.3) is 0 Å². The zero-order valence-electron chi connectivity index (χ0n) is 11.9. The van der Waals surface area contributed by atoms with Crippen molar-refractivity contribution in [3.63, 3.8) is 0 Å². The maximum absolute atomic E-state index is 5.46. The van der Waals surface area contributed by atoms with Gasteiger partial charge in [0.1, 0.15) is 0 Å². The van der Waals surface area contributed by atoms with Crippen molar-refractivity contribution in [2.75, 3.05) is 19.8 Å². The Morgan fingerprint density at radius 2 is 2.15 bits per heavy atom. The van der Waals surface area contributed by atoms with Crippen LogP contribution in [0.3, 0.4) is 0 Å². The number of rotatable bonds is 8. The molecule has 2 aromatic rings. The van der Waals surface area contributed by atoms with E-state index < -0.39 is 0 Å². The van der Waals surface area contributed by atoms with E-state index in [2.05, 4.69) is 51.4 Å². The number of fused-ring (bicyclic) bond motifs is 1. The Balaban J connectivity index is 1.86. The summed E-state index contributed by atoms with van der Waals surface area (Å²) in [6, 6.07) is 8.27. The maximum Gasteiger partial charge on any atom is 0.0758 e. The van der Waals surface area contributed by atoms with Gasteiger partial charge in [-0.1, -0.05) is 35.0 Å². The molecule has 0 spiro atoms. The van der Waals surface area contributed by atoms with Crippen molar-refractivity contribution < 1.29 is 4.74 Å². The molecule has 0 saturated heterocycles. The molecule has 0 radical (unpaired) electrons. The van der Waals surface area contributed by atoms with Gasteiger partial charge in [0, 0.05) is 35.8 Å². The summed E-state index contributed by atoms with van der Waals surface area (Å²) in [4.78, 5) is 4.49. The van der Waals surface area contributed by atoms with E-state index in [9.17, 15) is 0 Å². The molecule has 0 unspecified atom stereocenters. The summed E-state index contributed by atoms with van der Waals surface area (Å²) in [5.74, 6) is 0. The number of aromatic nitrogens is 1. The van der Waals surface area contributed by atoms with E-state index in [0.717, 1.165) is 54.5 Å². The molecule has 1 N–H and O–H groups in total. The first-order valence-corrected chi connectivity index (χ1v) is 7.92. The Hall–Kier alpha value is -0.970. The van der Waals surface area contributed by atoms with Crippen molar-refractivity contribution in [2.45, 2.75) is 26.3 Å². The third-order valence-electron chi connectivity index (χ3n) is 3.11. The van der Waals surface area contributed by atoms with Crippen LogP contribution in [0.1, 0.15) is 25.3 Å². The molecule has 1 heterocycles. The largest absolute Gasteiger partial charge is 0.381 e. The summed E-state index contributed by atoms with van der Waals surface area (Å²) in [5.41, 5.74) is 2.30. The van der Waals surface area contributed by atoms with Crippen LogP contribution >= 0.6 is 15.9 Å². The third kappa shape index (κ3) is 4.27. The van der Waals surface area contributed by atoms with E-state index in [1.54, 1.807) is 0 Å². The Bertz CT molecular complexity index is 545. The molecule has 20 heavy (non-hydrogen) atoms. The molecular weight excluding hydrogens is 316 g/mol. The molecule has 0 aliphatic carbocycles. The second-order valence-corrected chi connectivity index (χ2v) is 5.60. The van der Waals surface area contributed by atoms with Crippen LogP contribution < -0.4 is 5.32 Å². The van der Waals surface area contributed by atoms with Crippen LogP contribution in [0.4, 0.5) is 0 Å². The van der Waals surface area contributed by atoms with Crippen molar-refractivity contribution in [1.82, 2.24) is 10.3 Å². The molecule has 4 heteroatoms. The first kappa shape index (κ1) is 15.4. The molecule has 2 rings (SSSR count). The topological polar surface area (TPSA) is 34.1 Å². The van der Waals surface area contributed by atoms with Gasteiger partial charge in [0.05, 0.1) is 5.52 Å². The van der Waals surface area contributed by atoms with Gasteiger partial charge >= 0.3 is 0 Å². The Morgan fingerprint density at radius 1 is 1.25 bits per heavy atom. The number of halogens is 1. The average Bonchev–Trinajstić information content (AvgIpc) is 2.49. The van der Waals surface area contributed by atoms with E-state index in [-0.39, 0.29) is 0 Å². The minimum Gasteiger partial charge on any atom is -0.381 e. The zero-order valence-corrected chi connectivity index (χ0v) is 13.4. The van der Waals surface area contributed by atoms with Crippen LogP contribution in [0, 0.1) is 0 Å². The lowest BCUT2D eigenvalue weighted by Crippen LogP contribution is -2.16. The lowest BCUT2D eigenvalue weighted by Gasteiger charge is -2.09. The van der Waals surface area contributed by atoms with Gasteiger partial charge in [-0.2, -0.15) is 0 Å². The Kier molecular flexibility index (Phi) is 6.43. The van der Waals surface area contributed by atoms with Gasteiger partial charge in [-0.05, 0) is 37.1 Å². The zero-order chi connectivity index (χ0) is 14.2. The minimum atomic E-state index is 0.834. The van der Waals surface area contributed by atoms with Crippen molar-refractivity contribution in [2.24, 2.45) is 0 Å². The monoisotopic (exact) mass is 336 g/mol. The fraction of sp³-hybridized carbons (Fsp3) is 0.438. The number of nitrogens with zero attached hydrogens (tertiary/aromatic N) is 1. The van der Waals surface area contributed by atoms with Gasteiger partial charge < -0.3 is 10.1 Å². The van der Waals surface area contributed by atoms with E-state index in [1.165, 1.54) is 5.56 Å². The normalized spacial score (nSPS) is 11.1. The summed E-state index contributed by atoms with van der Waals surface area (Å²) in [5, 5.41) is 4.62. The predicted molar refractivity (Wildman–Crippen MR) is 86.9 cm³/mol. The fourth-order valence-electron chi connectivity index (χ4n) is 2.11. The van der Waals surface area contributed by atoms with E-state index in [1.807, 2.05) is 12.3 Å². The van der Waals surface area contributed by atoms with Gasteiger partial charge in [0.15, 0.2) is 0 Å². The van der Waals surface area contributed by atoms with Gasteiger partial charge in [0.2, 0.25) is 0 Å². The lowest BCUT2D eigenvalue weighted by molar-refractivity contribution is 0.132. The molecule has 0 bridgehead atoms. The molecule has 3 nitrogen and oxygen atoms in total. The highest BCUT2D eigenvalue weighted by Gasteiger charge is 2.04. The highest BCUT2D eigenvalue weighted by Crippen LogP contribution is 2.24. The molecule has 0 saturated carbocycles. The first-order chi connectivity index (χ1) is 9.83. The van der Waals surface area contributed by atoms with Gasteiger partial charge in [-0.3, -0.25) is 4.98 Å². The summed E-state index contributed by atoms with van der Waals surface area (Å²) in [6.45, 7) is 5.63. The molecule has 1 aromatic carbocycles. The first-order valence-electron chi connectivity index (χ1n) is 7.13. The highest BCUT2D eigenvalue weighted by molar-refractivity contribution is 9.10. The summed E-state index contributed by atoms with van der Waals surface area (Å²) in [7, 11) is 0. The number of ether oxygens (including phenoxy) is 1. The Morgan fingerprint density at radius 3 is 3.00 bits per heavy atom. The predicted octanol–water partition coefficient (Wildman–Crippen LogP) is 3.90. The highest BCUT2D eigenvalue weighted by atomic mass is 79.9. The molecule has 0 fully saturated rings. The van der Waals surface area contributed by atoms with Crippen LogP contribution in [-0.4, -0.2) is 24.7 Å². The number of pyridine rings is 1. The van der Waals surface area contributed by atoms with Crippen molar-refractivity contribution in [3.8, 4) is 0 Å². The van der Waals surface area contributed by atoms with Crippen LogP contribution in [0.5, 0.6) is 0 Å². The summed E-state index contributed by atoms with van der Waals surface area (Å²) in [6.07, 6.45) is 3.97. The number of hydrogen-bond acceptors (Lipinski definition) is 3. The summed E-state index contributed by atoms with van der Waals surface area (Å²) >= 11 is 3.57. The van der Waals surface area contributed by atoms with Crippen LogP contribution in [0.15, 0.2) is 34.9 Å². The standard InChI is InChI=1S/C16H21BrN2O/c1-2-10-20-11-4-8-18-12-13-6-7-15(17)14-5-3-9-19-16(13)14/h3,5-7,9,18H,2,4,8,10-12H2,1H3. The van der Waals surface area contributed by atoms with Crippen molar-refractivity contribution >= 4 is 26.8 Å². The van der Waals surface area contributed by atoms with Crippen LogP contribution in [0.25, 0.3) is 10.9 Å². The van der Waals surface area contributed by atoms with Crippen LogP contribution in [0.2, 0.25) is 0 Å². The molecule has 1 aromatic heterocycles. The SMILES string of the molecule is CCCOCCCNCc1ccc(Br)c2cccnc12. The minimum absolute atomic E-state index is 0.834. The molecule has 0 aliphatic heterocycles. The second kappa shape index (κ2) is 8.35. The third-order valence-corrected chi connectivity index (χ3v) is 3.80. The molecular formula is C16H21BrN2O. The van der Waals surface area contributed by atoms with Crippen LogP contribution in [-0.2, 0) is 11.3 Å². The second-order valence-electron chi connectivity index (χ2n) is 4.75. The molecule has 108 valence electrons. The van der Waals surface area contributed by atoms with Crippen molar-refractivity contribution in [3.05, 3.63) is 40.5 Å². The van der Waals surface area contributed by atoms with E-state index >= 15 is 0 Å². The molecule has 0 atom stereocenters. The smallest absolute Gasteiger partial charge is 0.0758 e. The molecule has 0 amide bonds. The van der Waals surface area contributed by atoms with Gasteiger partial charge in [-0.25, -0.2) is 0 Å². The number of benzene rings is 1. The fourth-order valence-corrected chi connectivity index (χ4v) is 2.56. The summed E-state index contributed by atoms with van der Waals surface area (Å²) < 4.78 is 6.56. The van der Waals surface area contributed by atoms with E-state index in [4.69, 9.17) is 4.74 Å². The number of hydrogen-bond donors (Lipinski definition) is 1. The average molecular weight is 337 g/mol. The van der Waals surface area contributed by atoms with Gasteiger partial charge in [-0.15, -0.1) is 0 Å². The van der Waals surface area contributed by atoms with E-state index in [0.29, 0.717) is 0 Å². The maximum atomic E-state index is 5.46. The van der Waals surface area contributed by atoms with Crippen molar-refractivity contribution in [1.29, 1.82) is 0 Å². The Labute approximate surface area is 128 Å². The quantitative estimate of drug-likeness (QED) is 0.742. The number of nitrogens with one attached hydrogen (secondary N) is 1.